The molecular formula is C24H29N3O4S. The van der Waals surface area contributed by atoms with Crippen molar-refractivity contribution in [1.82, 2.24) is 14.8 Å². The number of aromatic nitrogens is 1. The Morgan fingerprint density at radius 2 is 1.94 bits per heavy atom. The molecule has 1 aliphatic rings. The van der Waals surface area contributed by atoms with Gasteiger partial charge in [-0.2, -0.15) is 0 Å². The zero-order valence-electron chi connectivity index (χ0n) is 18.7. The molecule has 0 aliphatic carbocycles. The molecule has 0 amide bonds. The highest BCUT2D eigenvalue weighted by molar-refractivity contribution is 7.89. The predicted octanol–water partition coefficient (Wildman–Crippen LogP) is 3.69. The second-order valence-electron chi connectivity index (χ2n) is 8.13. The molecule has 32 heavy (non-hydrogen) atoms. The van der Waals surface area contributed by atoms with E-state index in [0.29, 0.717) is 23.6 Å². The van der Waals surface area contributed by atoms with Crippen molar-refractivity contribution < 1.29 is 17.7 Å². The molecule has 0 saturated heterocycles. The van der Waals surface area contributed by atoms with Crippen molar-refractivity contribution in [2.75, 3.05) is 26.7 Å². The van der Waals surface area contributed by atoms with E-state index in [4.69, 9.17) is 9.26 Å². The van der Waals surface area contributed by atoms with Gasteiger partial charge >= 0.3 is 0 Å². The number of fused-ring (bicyclic) bond motifs is 1. The molecular weight excluding hydrogens is 426 g/mol. The molecule has 0 unspecified atom stereocenters. The molecule has 0 saturated carbocycles. The molecule has 0 spiro atoms. The zero-order chi connectivity index (χ0) is 22.7. The van der Waals surface area contributed by atoms with Crippen molar-refractivity contribution in [2.24, 2.45) is 0 Å². The Kier molecular flexibility index (Phi) is 6.64. The Balaban J connectivity index is 1.41. The third-order valence-electron chi connectivity index (χ3n) is 6.03. The maximum atomic E-state index is 13.0. The first-order chi connectivity index (χ1) is 15.4. The van der Waals surface area contributed by atoms with Crippen LogP contribution in [0.4, 0.5) is 0 Å². The van der Waals surface area contributed by atoms with E-state index in [-0.39, 0.29) is 4.90 Å². The Morgan fingerprint density at radius 1 is 1.16 bits per heavy atom. The molecule has 2 heterocycles. The van der Waals surface area contributed by atoms with Crippen LogP contribution in [0.25, 0.3) is 11.3 Å². The van der Waals surface area contributed by atoms with Crippen LogP contribution in [0.15, 0.2) is 51.9 Å². The summed E-state index contributed by atoms with van der Waals surface area (Å²) in [6.07, 6.45) is 1.76. The molecule has 4 rings (SSSR count). The topological polar surface area (TPSA) is 84.7 Å². The number of methoxy groups -OCH3 is 1. The highest BCUT2D eigenvalue weighted by Crippen LogP contribution is 2.32. The second kappa shape index (κ2) is 9.44. The van der Waals surface area contributed by atoms with Gasteiger partial charge in [0.15, 0.2) is 5.76 Å². The van der Waals surface area contributed by atoms with Gasteiger partial charge in [-0.25, -0.2) is 13.1 Å². The van der Waals surface area contributed by atoms with E-state index < -0.39 is 10.0 Å². The van der Waals surface area contributed by atoms with Crippen LogP contribution in [-0.4, -0.2) is 45.2 Å². The summed E-state index contributed by atoms with van der Waals surface area (Å²) in [6, 6.07) is 13.5. The van der Waals surface area contributed by atoms with Crippen LogP contribution < -0.4 is 9.46 Å². The molecule has 8 heteroatoms. The highest BCUT2D eigenvalue weighted by Gasteiger charge is 2.22. The smallest absolute Gasteiger partial charge is 0.244 e. The minimum absolute atomic E-state index is 0.0952. The standard InChI is InChI=1S/C24H29N3O4S/c1-17-18(2)26-31-24(17)20-9-10-22(30-3)23(15-20)32(28,29)25-12-6-13-27-14-11-19-7-4-5-8-21(19)16-27/h4-5,7-10,15,25H,6,11-14,16H2,1-3H3. The minimum Gasteiger partial charge on any atom is -0.495 e. The summed E-state index contributed by atoms with van der Waals surface area (Å²) in [5, 5.41) is 3.97. The molecule has 3 aromatic rings. The van der Waals surface area contributed by atoms with E-state index in [9.17, 15) is 8.42 Å². The van der Waals surface area contributed by atoms with Gasteiger partial charge in [0.2, 0.25) is 10.0 Å². The average Bonchev–Trinajstić information content (AvgIpc) is 3.14. The van der Waals surface area contributed by atoms with Crippen LogP contribution >= 0.6 is 0 Å². The number of nitrogens with zero attached hydrogens (tertiary/aromatic N) is 2. The van der Waals surface area contributed by atoms with Gasteiger partial charge in [0.25, 0.3) is 0 Å². The first-order valence-electron chi connectivity index (χ1n) is 10.8. The molecule has 1 aromatic heterocycles. The number of benzene rings is 2. The number of rotatable bonds is 8. The molecule has 0 fully saturated rings. The summed E-state index contributed by atoms with van der Waals surface area (Å²) in [7, 11) is -2.28. The first kappa shape index (κ1) is 22.5. The summed E-state index contributed by atoms with van der Waals surface area (Å²) < 4.78 is 39.5. The molecule has 170 valence electrons. The van der Waals surface area contributed by atoms with Crippen LogP contribution in [0.5, 0.6) is 5.75 Å². The van der Waals surface area contributed by atoms with Crippen molar-refractivity contribution in [3.8, 4) is 17.1 Å². The fraction of sp³-hybridized carbons (Fsp3) is 0.375. The quantitative estimate of drug-likeness (QED) is 0.522. The summed E-state index contributed by atoms with van der Waals surface area (Å²) in [5.41, 5.74) is 5.08. The lowest BCUT2D eigenvalue weighted by atomic mass is 10.00. The van der Waals surface area contributed by atoms with Crippen molar-refractivity contribution >= 4 is 10.0 Å². The zero-order valence-corrected chi connectivity index (χ0v) is 19.5. The third kappa shape index (κ3) is 4.72. The fourth-order valence-corrected chi connectivity index (χ4v) is 5.31. The second-order valence-corrected chi connectivity index (χ2v) is 9.87. The number of hydrogen-bond donors (Lipinski definition) is 1. The molecule has 1 aliphatic heterocycles. The van der Waals surface area contributed by atoms with E-state index in [2.05, 4.69) is 39.0 Å². The lowest BCUT2D eigenvalue weighted by molar-refractivity contribution is 0.251. The molecule has 2 aromatic carbocycles. The lowest BCUT2D eigenvalue weighted by Gasteiger charge is -2.28. The highest BCUT2D eigenvalue weighted by atomic mass is 32.2. The van der Waals surface area contributed by atoms with Crippen molar-refractivity contribution in [3.63, 3.8) is 0 Å². The van der Waals surface area contributed by atoms with Gasteiger partial charge in [-0.1, -0.05) is 29.4 Å². The van der Waals surface area contributed by atoms with Gasteiger partial charge in [-0.15, -0.1) is 0 Å². The van der Waals surface area contributed by atoms with Gasteiger partial charge in [0, 0.05) is 30.8 Å². The number of ether oxygens (including phenoxy) is 1. The van der Waals surface area contributed by atoms with E-state index in [1.54, 1.807) is 18.2 Å². The first-order valence-corrected chi connectivity index (χ1v) is 12.3. The average molecular weight is 456 g/mol. The summed E-state index contributed by atoms with van der Waals surface area (Å²) >= 11 is 0. The molecule has 7 nitrogen and oxygen atoms in total. The Hall–Kier alpha value is -2.68. The summed E-state index contributed by atoms with van der Waals surface area (Å²) in [6.45, 7) is 6.85. The van der Waals surface area contributed by atoms with Crippen LogP contribution in [0, 0.1) is 13.8 Å². The minimum atomic E-state index is -3.75. The Bertz CT molecular complexity index is 1200. The number of nitrogens with one attached hydrogen (secondary N) is 1. The summed E-state index contributed by atoms with van der Waals surface area (Å²) in [4.78, 5) is 2.46. The van der Waals surface area contributed by atoms with E-state index in [1.165, 1.54) is 18.2 Å². The summed E-state index contributed by atoms with van der Waals surface area (Å²) in [5.74, 6) is 0.856. The molecule has 1 N–H and O–H groups in total. The predicted molar refractivity (Wildman–Crippen MR) is 123 cm³/mol. The van der Waals surface area contributed by atoms with Gasteiger partial charge in [0.1, 0.15) is 10.6 Å². The van der Waals surface area contributed by atoms with E-state index in [1.807, 2.05) is 13.8 Å². The fourth-order valence-electron chi connectivity index (χ4n) is 4.04. The third-order valence-corrected chi connectivity index (χ3v) is 7.51. The number of hydrogen-bond acceptors (Lipinski definition) is 6. The van der Waals surface area contributed by atoms with E-state index in [0.717, 1.165) is 43.7 Å². The maximum Gasteiger partial charge on any atom is 0.244 e. The maximum absolute atomic E-state index is 13.0. The number of aryl methyl sites for hydroxylation is 1. The van der Waals surface area contributed by atoms with Gasteiger partial charge in [-0.05, 0) is 62.6 Å². The van der Waals surface area contributed by atoms with Gasteiger partial charge < -0.3 is 9.26 Å². The number of sulfonamides is 1. The SMILES string of the molecule is COc1ccc(-c2onc(C)c2C)cc1S(=O)(=O)NCCCN1CCc2ccccc2C1. The molecule has 0 atom stereocenters. The largest absolute Gasteiger partial charge is 0.495 e. The van der Waals surface area contributed by atoms with Crippen molar-refractivity contribution in [1.29, 1.82) is 0 Å². The molecule has 0 radical (unpaired) electrons. The van der Waals surface area contributed by atoms with Crippen LogP contribution in [-0.2, 0) is 23.0 Å². The monoisotopic (exact) mass is 455 g/mol. The van der Waals surface area contributed by atoms with E-state index >= 15 is 0 Å². The lowest BCUT2D eigenvalue weighted by Crippen LogP contribution is -2.33. The van der Waals surface area contributed by atoms with Gasteiger partial charge in [-0.3, -0.25) is 4.90 Å². The van der Waals surface area contributed by atoms with Crippen molar-refractivity contribution in [3.05, 3.63) is 64.8 Å². The Morgan fingerprint density at radius 3 is 2.66 bits per heavy atom. The van der Waals surface area contributed by atoms with Crippen LogP contribution in [0.3, 0.4) is 0 Å². The van der Waals surface area contributed by atoms with Gasteiger partial charge in [0.05, 0.1) is 12.8 Å². The Labute approximate surface area is 189 Å². The molecule has 0 bridgehead atoms. The van der Waals surface area contributed by atoms with Crippen LogP contribution in [0.1, 0.15) is 28.8 Å². The normalized spacial score (nSPS) is 14.3. The van der Waals surface area contributed by atoms with Crippen LogP contribution in [0.2, 0.25) is 0 Å². The van der Waals surface area contributed by atoms with Crippen molar-refractivity contribution in [2.45, 2.75) is 38.1 Å².